The SMILES string of the molecule is O=C(NC1CC1)C1CCN(C(=O)CCNS(=O)(=O)c2ccccc2)CC1. The van der Waals surface area contributed by atoms with Crippen LogP contribution in [0.25, 0.3) is 0 Å². The van der Waals surface area contributed by atoms with E-state index in [1.807, 2.05) is 0 Å². The second-order valence-electron chi connectivity index (χ2n) is 6.90. The minimum atomic E-state index is -3.59. The van der Waals surface area contributed by atoms with Gasteiger partial charge in [0.15, 0.2) is 0 Å². The van der Waals surface area contributed by atoms with Gasteiger partial charge in [-0.1, -0.05) is 18.2 Å². The molecule has 8 heteroatoms. The van der Waals surface area contributed by atoms with Crippen LogP contribution in [-0.4, -0.2) is 50.8 Å². The van der Waals surface area contributed by atoms with Crippen molar-refractivity contribution in [3.63, 3.8) is 0 Å². The van der Waals surface area contributed by atoms with Gasteiger partial charge in [0.05, 0.1) is 4.90 Å². The third-order valence-corrected chi connectivity index (χ3v) is 6.30. The quantitative estimate of drug-likeness (QED) is 0.735. The van der Waals surface area contributed by atoms with E-state index in [9.17, 15) is 18.0 Å². The van der Waals surface area contributed by atoms with Gasteiger partial charge in [-0.15, -0.1) is 0 Å². The average molecular weight is 379 g/mol. The third kappa shape index (κ3) is 5.04. The number of benzene rings is 1. The minimum Gasteiger partial charge on any atom is -0.353 e. The van der Waals surface area contributed by atoms with Crippen LogP contribution >= 0.6 is 0 Å². The van der Waals surface area contributed by atoms with E-state index in [2.05, 4.69) is 10.0 Å². The fourth-order valence-electron chi connectivity index (χ4n) is 3.07. The van der Waals surface area contributed by atoms with Crippen LogP contribution in [0.5, 0.6) is 0 Å². The molecule has 2 N–H and O–H groups in total. The molecule has 2 fully saturated rings. The summed E-state index contributed by atoms with van der Waals surface area (Å²) in [5.74, 6) is 0.00765. The Morgan fingerprint density at radius 3 is 2.31 bits per heavy atom. The van der Waals surface area contributed by atoms with Gasteiger partial charge in [0.2, 0.25) is 21.8 Å². The third-order valence-electron chi connectivity index (χ3n) is 4.83. The van der Waals surface area contributed by atoms with Gasteiger partial charge in [-0.2, -0.15) is 0 Å². The first-order valence-electron chi connectivity index (χ1n) is 9.08. The molecule has 0 atom stereocenters. The number of piperidine rings is 1. The summed E-state index contributed by atoms with van der Waals surface area (Å²) in [5.41, 5.74) is 0. The summed E-state index contributed by atoms with van der Waals surface area (Å²) in [6.07, 6.45) is 3.59. The van der Waals surface area contributed by atoms with Gasteiger partial charge in [0.1, 0.15) is 0 Å². The molecule has 1 heterocycles. The van der Waals surface area contributed by atoms with E-state index in [-0.39, 0.29) is 35.6 Å². The summed E-state index contributed by atoms with van der Waals surface area (Å²) >= 11 is 0. The van der Waals surface area contributed by atoms with E-state index >= 15 is 0 Å². The molecule has 26 heavy (non-hydrogen) atoms. The molecule has 7 nitrogen and oxygen atoms in total. The fraction of sp³-hybridized carbons (Fsp3) is 0.556. The smallest absolute Gasteiger partial charge is 0.240 e. The molecule has 1 aliphatic carbocycles. The number of hydrogen-bond acceptors (Lipinski definition) is 4. The van der Waals surface area contributed by atoms with Gasteiger partial charge in [0.25, 0.3) is 0 Å². The Kier molecular flexibility index (Phi) is 5.93. The number of nitrogens with zero attached hydrogens (tertiary/aromatic N) is 1. The Hall–Kier alpha value is -1.93. The minimum absolute atomic E-state index is 0.0174. The van der Waals surface area contributed by atoms with Crippen molar-refractivity contribution in [2.45, 2.75) is 43.0 Å². The lowest BCUT2D eigenvalue weighted by molar-refractivity contribution is -0.135. The van der Waals surface area contributed by atoms with E-state index in [0.717, 1.165) is 12.8 Å². The average Bonchev–Trinajstić information content (AvgIpc) is 3.46. The van der Waals surface area contributed by atoms with Crippen LogP contribution < -0.4 is 10.0 Å². The first kappa shape index (κ1) is 18.8. The lowest BCUT2D eigenvalue weighted by Gasteiger charge is -2.31. The Morgan fingerprint density at radius 1 is 1.04 bits per heavy atom. The van der Waals surface area contributed by atoms with E-state index in [0.29, 0.717) is 32.0 Å². The molecule has 0 spiro atoms. The number of likely N-dealkylation sites (tertiary alicyclic amines) is 1. The highest BCUT2D eigenvalue weighted by atomic mass is 32.2. The van der Waals surface area contributed by atoms with Crippen LogP contribution in [0.15, 0.2) is 35.2 Å². The molecular formula is C18H25N3O4S. The predicted octanol–water partition coefficient (Wildman–Crippen LogP) is 0.872. The molecule has 0 radical (unpaired) electrons. The topological polar surface area (TPSA) is 95.6 Å². The van der Waals surface area contributed by atoms with Crippen LogP contribution in [0.3, 0.4) is 0 Å². The second-order valence-corrected chi connectivity index (χ2v) is 8.67. The number of amides is 2. The Labute approximate surface area is 154 Å². The van der Waals surface area contributed by atoms with Crippen molar-refractivity contribution in [2.75, 3.05) is 19.6 Å². The van der Waals surface area contributed by atoms with Crippen LogP contribution in [0, 0.1) is 5.92 Å². The summed E-state index contributed by atoms with van der Waals surface area (Å²) in [4.78, 5) is 26.2. The molecule has 1 saturated heterocycles. The zero-order valence-corrected chi connectivity index (χ0v) is 15.5. The van der Waals surface area contributed by atoms with Crippen LogP contribution in [0.4, 0.5) is 0 Å². The van der Waals surface area contributed by atoms with Crippen molar-refractivity contribution in [3.8, 4) is 0 Å². The zero-order valence-electron chi connectivity index (χ0n) is 14.7. The molecule has 1 aromatic rings. The summed E-state index contributed by atoms with van der Waals surface area (Å²) in [6.45, 7) is 1.16. The van der Waals surface area contributed by atoms with Crippen LogP contribution in [0.2, 0.25) is 0 Å². The standard InChI is InChI=1S/C18H25N3O4S/c22-17(8-11-19-26(24,25)16-4-2-1-3-5-16)21-12-9-14(10-13-21)18(23)20-15-6-7-15/h1-5,14-15,19H,6-13H2,(H,20,23). The second kappa shape index (κ2) is 8.18. The van der Waals surface area contributed by atoms with Crippen LogP contribution in [0.1, 0.15) is 32.1 Å². The van der Waals surface area contributed by atoms with Gasteiger partial charge in [0, 0.05) is 38.0 Å². The van der Waals surface area contributed by atoms with Crippen molar-refractivity contribution in [1.29, 1.82) is 0 Å². The maximum Gasteiger partial charge on any atom is 0.240 e. The lowest BCUT2D eigenvalue weighted by Crippen LogP contribution is -2.44. The predicted molar refractivity (Wildman–Crippen MR) is 96.7 cm³/mol. The molecule has 2 amide bonds. The number of nitrogens with one attached hydrogen (secondary N) is 2. The summed E-state index contributed by atoms with van der Waals surface area (Å²) in [5, 5.41) is 3.02. The van der Waals surface area contributed by atoms with Gasteiger partial charge >= 0.3 is 0 Å². The first-order valence-corrected chi connectivity index (χ1v) is 10.6. The van der Waals surface area contributed by atoms with Crippen LogP contribution in [-0.2, 0) is 19.6 Å². The molecule has 0 bridgehead atoms. The molecular weight excluding hydrogens is 354 g/mol. The number of sulfonamides is 1. The lowest BCUT2D eigenvalue weighted by atomic mass is 9.95. The van der Waals surface area contributed by atoms with E-state index in [4.69, 9.17) is 0 Å². The van der Waals surface area contributed by atoms with Crippen molar-refractivity contribution >= 4 is 21.8 Å². The molecule has 0 unspecified atom stereocenters. The largest absolute Gasteiger partial charge is 0.353 e. The van der Waals surface area contributed by atoms with Crippen molar-refractivity contribution in [1.82, 2.24) is 14.9 Å². The maximum atomic E-state index is 12.3. The highest BCUT2D eigenvalue weighted by Crippen LogP contribution is 2.22. The Bertz CT molecular complexity index is 739. The number of hydrogen-bond donors (Lipinski definition) is 2. The monoisotopic (exact) mass is 379 g/mol. The Balaban J connectivity index is 1.39. The molecule has 1 aromatic carbocycles. The molecule has 142 valence electrons. The summed E-state index contributed by atoms with van der Waals surface area (Å²) < 4.78 is 26.7. The molecule has 1 aliphatic heterocycles. The fourth-order valence-corrected chi connectivity index (χ4v) is 4.12. The molecule has 0 aromatic heterocycles. The highest BCUT2D eigenvalue weighted by molar-refractivity contribution is 7.89. The number of carbonyl (C=O) groups excluding carboxylic acids is 2. The Morgan fingerprint density at radius 2 is 1.69 bits per heavy atom. The summed E-state index contributed by atoms with van der Waals surface area (Å²) in [6, 6.07) is 8.45. The van der Waals surface area contributed by atoms with Crippen molar-refractivity contribution in [2.24, 2.45) is 5.92 Å². The van der Waals surface area contributed by atoms with Gasteiger partial charge in [-0.3, -0.25) is 9.59 Å². The van der Waals surface area contributed by atoms with Gasteiger partial charge in [-0.25, -0.2) is 13.1 Å². The maximum absolute atomic E-state index is 12.3. The van der Waals surface area contributed by atoms with Crippen molar-refractivity contribution < 1.29 is 18.0 Å². The van der Waals surface area contributed by atoms with E-state index < -0.39 is 10.0 Å². The summed E-state index contributed by atoms with van der Waals surface area (Å²) in [7, 11) is -3.59. The molecule has 2 aliphatic rings. The normalized spacial score (nSPS) is 18.5. The zero-order chi connectivity index (χ0) is 18.6. The number of rotatable bonds is 7. The van der Waals surface area contributed by atoms with E-state index in [1.165, 1.54) is 12.1 Å². The molecule has 1 saturated carbocycles. The highest BCUT2D eigenvalue weighted by Gasteiger charge is 2.31. The van der Waals surface area contributed by atoms with Gasteiger partial charge in [-0.05, 0) is 37.8 Å². The van der Waals surface area contributed by atoms with Crippen molar-refractivity contribution in [3.05, 3.63) is 30.3 Å². The number of carbonyl (C=O) groups is 2. The first-order chi connectivity index (χ1) is 12.5. The van der Waals surface area contributed by atoms with Gasteiger partial charge < -0.3 is 10.2 Å². The molecule has 3 rings (SSSR count). The van der Waals surface area contributed by atoms with E-state index in [1.54, 1.807) is 23.1 Å².